The molecule has 1 aromatic heterocycles. The lowest BCUT2D eigenvalue weighted by molar-refractivity contribution is 1.04. The van der Waals surface area contributed by atoms with Crippen molar-refractivity contribution in [3.05, 3.63) is 46.5 Å². The second-order valence-electron chi connectivity index (χ2n) is 3.31. The molecule has 0 aliphatic heterocycles. The number of aryl methyl sites for hydroxylation is 1. The summed E-state index contributed by atoms with van der Waals surface area (Å²) in [7, 11) is 0. The minimum atomic E-state index is 0.781. The topological polar surface area (TPSA) is 17.8 Å². The first-order chi connectivity index (χ1) is 7.22. The molecule has 0 saturated heterocycles. The van der Waals surface area contributed by atoms with Crippen LogP contribution in [0.15, 0.2) is 35.2 Å². The van der Waals surface area contributed by atoms with Gasteiger partial charge in [0.1, 0.15) is 0 Å². The van der Waals surface area contributed by atoms with Crippen molar-refractivity contribution in [3.8, 4) is 5.69 Å². The Balaban J connectivity index is 2.49. The zero-order chi connectivity index (χ0) is 10.8. The molecule has 0 atom stereocenters. The number of nitrogens with zero attached hydrogens (tertiary/aromatic N) is 2. The van der Waals surface area contributed by atoms with Gasteiger partial charge >= 0.3 is 0 Å². The monoisotopic (exact) mass is 328 g/mol. The van der Waals surface area contributed by atoms with E-state index in [1.54, 1.807) is 0 Å². The molecule has 0 aliphatic carbocycles. The van der Waals surface area contributed by atoms with Gasteiger partial charge in [0.15, 0.2) is 0 Å². The summed E-state index contributed by atoms with van der Waals surface area (Å²) >= 11 is 6.98. The van der Waals surface area contributed by atoms with Crippen molar-refractivity contribution in [1.29, 1.82) is 0 Å². The van der Waals surface area contributed by atoms with Gasteiger partial charge in [-0.3, -0.25) is 0 Å². The van der Waals surface area contributed by atoms with Gasteiger partial charge in [0.2, 0.25) is 0 Å². The van der Waals surface area contributed by atoms with E-state index >= 15 is 0 Å². The van der Waals surface area contributed by atoms with Gasteiger partial charge in [-0.05, 0) is 34.5 Å². The van der Waals surface area contributed by atoms with E-state index in [2.05, 4.69) is 55.9 Å². The predicted octanol–water partition coefficient (Wildman–Crippen LogP) is 3.84. The van der Waals surface area contributed by atoms with Crippen molar-refractivity contribution < 1.29 is 0 Å². The van der Waals surface area contributed by atoms with Gasteiger partial charge in [-0.15, -0.1) is 0 Å². The molecule has 0 unspecified atom stereocenters. The van der Waals surface area contributed by atoms with Crippen LogP contribution in [0.25, 0.3) is 5.69 Å². The summed E-state index contributed by atoms with van der Waals surface area (Å²) in [6.07, 6.45) is 3.85. The zero-order valence-corrected chi connectivity index (χ0v) is 11.4. The second-order valence-corrected chi connectivity index (χ2v) is 4.67. The van der Waals surface area contributed by atoms with Crippen LogP contribution in [0.3, 0.4) is 0 Å². The van der Waals surface area contributed by atoms with Crippen molar-refractivity contribution in [2.45, 2.75) is 12.3 Å². The van der Waals surface area contributed by atoms with Gasteiger partial charge in [-0.25, -0.2) is 4.98 Å². The number of hydrogen-bond donors (Lipinski definition) is 0. The van der Waals surface area contributed by atoms with E-state index in [0.717, 1.165) is 21.2 Å². The summed E-state index contributed by atoms with van der Waals surface area (Å²) in [6.45, 7) is 2.08. The van der Waals surface area contributed by atoms with E-state index in [-0.39, 0.29) is 0 Å². The van der Waals surface area contributed by atoms with Gasteiger partial charge in [-0.2, -0.15) is 0 Å². The molecule has 0 amide bonds. The first-order valence-electron chi connectivity index (χ1n) is 4.56. The molecule has 0 saturated carbocycles. The number of imidazole rings is 1. The smallest absolute Gasteiger partial charge is 0.0995 e. The molecule has 0 N–H and O–H groups in total. The van der Waals surface area contributed by atoms with E-state index < -0.39 is 0 Å². The summed E-state index contributed by atoms with van der Waals surface area (Å²) in [6, 6.07) is 6.19. The normalized spacial score (nSPS) is 10.6. The molecule has 0 radical (unpaired) electrons. The average molecular weight is 330 g/mol. The zero-order valence-electron chi connectivity index (χ0n) is 8.24. The van der Waals surface area contributed by atoms with Gasteiger partial charge in [-0.1, -0.05) is 28.1 Å². The van der Waals surface area contributed by atoms with Crippen LogP contribution in [0, 0.1) is 6.92 Å². The first kappa shape index (κ1) is 10.9. The minimum Gasteiger partial charge on any atom is -0.305 e. The molecule has 2 rings (SSSR count). The number of halogens is 2. The third-order valence-electron chi connectivity index (χ3n) is 2.22. The fraction of sp³-hybridized carbons (Fsp3) is 0.182. The number of benzene rings is 1. The highest BCUT2D eigenvalue weighted by molar-refractivity contribution is 9.10. The average Bonchev–Trinajstić information content (AvgIpc) is 2.70. The van der Waals surface area contributed by atoms with Crippen molar-refractivity contribution in [3.63, 3.8) is 0 Å². The van der Waals surface area contributed by atoms with Crippen LogP contribution in [-0.2, 0) is 5.33 Å². The first-order valence-corrected chi connectivity index (χ1v) is 6.48. The lowest BCUT2D eigenvalue weighted by Crippen LogP contribution is -1.92. The molecule has 0 aliphatic rings. The number of aromatic nitrogens is 2. The maximum absolute atomic E-state index is 4.28. The lowest BCUT2D eigenvalue weighted by Gasteiger charge is -2.06. The Labute approximate surface area is 106 Å². The Hall–Kier alpha value is -0.610. The van der Waals surface area contributed by atoms with Crippen LogP contribution in [0.4, 0.5) is 0 Å². The van der Waals surface area contributed by atoms with Crippen molar-refractivity contribution in [1.82, 2.24) is 9.55 Å². The fourth-order valence-corrected chi connectivity index (χ4v) is 2.15. The third-order valence-corrected chi connectivity index (χ3v) is 3.83. The van der Waals surface area contributed by atoms with Crippen LogP contribution in [0.1, 0.15) is 11.3 Å². The largest absolute Gasteiger partial charge is 0.305 e. The highest BCUT2D eigenvalue weighted by atomic mass is 79.9. The fourth-order valence-electron chi connectivity index (χ4n) is 1.40. The van der Waals surface area contributed by atoms with Crippen LogP contribution in [0.2, 0.25) is 0 Å². The van der Waals surface area contributed by atoms with Gasteiger partial charge < -0.3 is 4.57 Å². The molecule has 0 bridgehead atoms. The number of alkyl halides is 1. The molecule has 0 fully saturated rings. The van der Waals surface area contributed by atoms with Crippen molar-refractivity contribution in [2.75, 3.05) is 0 Å². The summed E-state index contributed by atoms with van der Waals surface area (Å²) in [4.78, 5) is 4.28. The van der Waals surface area contributed by atoms with Gasteiger partial charge in [0.05, 0.1) is 17.7 Å². The molecule has 15 heavy (non-hydrogen) atoms. The standard InChI is InChI=1S/C11H10Br2N2/c1-8-3-2-4-10(11(8)13)15-6-9(5-12)14-7-15/h2-4,6-7H,5H2,1H3. The van der Waals surface area contributed by atoms with Crippen LogP contribution in [-0.4, -0.2) is 9.55 Å². The Bertz CT molecular complexity index is 477. The molecular weight excluding hydrogens is 320 g/mol. The van der Waals surface area contributed by atoms with E-state index in [1.807, 2.05) is 23.2 Å². The third kappa shape index (κ3) is 2.16. The molecule has 0 spiro atoms. The van der Waals surface area contributed by atoms with E-state index in [1.165, 1.54) is 5.56 Å². The minimum absolute atomic E-state index is 0.781. The molecule has 1 heterocycles. The van der Waals surface area contributed by atoms with E-state index in [9.17, 15) is 0 Å². The predicted molar refractivity (Wildman–Crippen MR) is 68.6 cm³/mol. The van der Waals surface area contributed by atoms with Crippen LogP contribution >= 0.6 is 31.9 Å². The quantitative estimate of drug-likeness (QED) is 0.765. The molecule has 2 aromatic rings. The second kappa shape index (κ2) is 4.49. The maximum atomic E-state index is 4.28. The van der Waals surface area contributed by atoms with Gasteiger partial charge in [0.25, 0.3) is 0 Å². The molecule has 2 nitrogen and oxygen atoms in total. The van der Waals surface area contributed by atoms with Gasteiger partial charge in [0, 0.05) is 16.0 Å². The van der Waals surface area contributed by atoms with Crippen molar-refractivity contribution in [2.24, 2.45) is 0 Å². The van der Waals surface area contributed by atoms with Crippen LogP contribution in [0.5, 0.6) is 0 Å². The number of hydrogen-bond acceptors (Lipinski definition) is 1. The summed E-state index contributed by atoms with van der Waals surface area (Å²) in [5.74, 6) is 0. The van der Waals surface area contributed by atoms with Crippen LogP contribution < -0.4 is 0 Å². The molecular formula is C11H10Br2N2. The lowest BCUT2D eigenvalue weighted by atomic mass is 10.2. The summed E-state index contributed by atoms with van der Waals surface area (Å²) in [5.41, 5.74) is 3.37. The molecule has 1 aromatic carbocycles. The van der Waals surface area contributed by atoms with Crippen molar-refractivity contribution >= 4 is 31.9 Å². The SMILES string of the molecule is Cc1cccc(-n2cnc(CBr)c2)c1Br. The summed E-state index contributed by atoms with van der Waals surface area (Å²) in [5, 5.41) is 0.781. The van der Waals surface area contributed by atoms with E-state index in [4.69, 9.17) is 0 Å². The Kier molecular flexibility index (Phi) is 3.26. The highest BCUT2D eigenvalue weighted by Gasteiger charge is 2.05. The Morgan fingerprint density at radius 3 is 2.87 bits per heavy atom. The summed E-state index contributed by atoms with van der Waals surface area (Å²) < 4.78 is 3.14. The Morgan fingerprint density at radius 1 is 1.40 bits per heavy atom. The molecule has 78 valence electrons. The Morgan fingerprint density at radius 2 is 2.20 bits per heavy atom. The number of rotatable bonds is 2. The maximum Gasteiger partial charge on any atom is 0.0995 e. The van der Waals surface area contributed by atoms with E-state index in [0.29, 0.717) is 0 Å². The highest BCUT2D eigenvalue weighted by Crippen LogP contribution is 2.24. The molecule has 4 heteroatoms.